The van der Waals surface area contributed by atoms with E-state index in [-0.39, 0.29) is 6.17 Å². The van der Waals surface area contributed by atoms with Crippen molar-refractivity contribution < 1.29 is 0 Å². The predicted molar refractivity (Wildman–Crippen MR) is 109 cm³/mol. The molecule has 4 heteroatoms. The molecule has 1 aromatic carbocycles. The van der Waals surface area contributed by atoms with E-state index in [0.717, 1.165) is 30.9 Å². The molecule has 0 aromatic heterocycles. The van der Waals surface area contributed by atoms with Gasteiger partial charge in [-0.15, -0.1) is 0 Å². The molecule has 1 fully saturated rings. The lowest BCUT2D eigenvalue weighted by Crippen LogP contribution is -2.28. The van der Waals surface area contributed by atoms with Crippen LogP contribution < -0.4 is 5.73 Å². The molecule has 1 aliphatic rings. The van der Waals surface area contributed by atoms with Gasteiger partial charge in [-0.1, -0.05) is 30.9 Å². The first-order valence-corrected chi connectivity index (χ1v) is 9.17. The second kappa shape index (κ2) is 9.54. The van der Waals surface area contributed by atoms with E-state index < -0.39 is 0 Å². The van der Waals surface area contributed by atoms with E-state index in [4.69, 9.17) is 10.7 Å². The maximum atomic E-state index is 5.67. The van der Waals surface area contributed by atoms with Crippen LogP contribution in [0.2, 0.25) is 0 Å². The highest BCUT2D eigenvalue weighted by atomic mass is 15.2. The summed E-state index contributed by atoms with van der Waals surface area (Å²) in [7, 11) is 2.03. The summed E-state index contributed by atoms with van der Waals surface area (Å²) in [5.74, 6) is 0. The van der Waals surface area contributed by atoms with Gasteiger partial charge < -0.3 is 10.6 Å². The van der Waals surface area contributed by atoms with Gasteiger partial charge in [-0.05, 0) is 49.5 Å². The average Bonchev–Trinajstić information content (AvgIpc) is 3.16. The molecule has 0 aliphatic carbocycles. The molecule has 0 saturated carbocycles. The van der Waals surface area contributed by atoms with Gasteiger partial charge in [-0.2, -0.15) is 0 Å². The molecule has 1 aliphatic heterocycles. The van der Waals surface area contributed by atoms with Gasteiger partial charge in [-0.3, -0.25) is 9.89 Å². The molecule has 0 bridgehead atoms. The Balaban J connectivity index is 2.07. The molecule has 1 aromatic rings. The molecule has 1 atom stereocenters. The summed E-state index contributed by atoms with van der Waals surface area (Å²) in [4.78, 5) is 9.31. The van der Waals surface area contributed by atoms with E-state index in [1.54, 1.807) is 0 Å². The van der Waals surface area contributed by atoms with Crippen LogP contribution in [0, 0.1) is 0 Å². The van der Waals surface area contributed by atoms with Gasteiger partial charge in [-0.25, -0.2) is 0 Å². The zero-order valence-electron chi connectivity index (χ0n) is 15.9. The lowest BCUT2D eigenvalue weighted by Gasteiger charge is -2.21. The van der Waals surface area contributed by atoms with Crippen LogP contribution in [0.15, 0.2) is 47.6 Å². The lowest BCUT2D eigenvalue weighted by molar-refractivity contribution is 0.268. The molecular formula is C21H32N4. The summed E-state index contributed by atoms with van der Waals surface area (Å²) in [6.07, 6.45) is 6.98. The maximum Gasteiger partial charge on any atom is 0.0990 e. The van der Waals surface area contributed by atoms with E-state index in [1.165, 1.54) is 24.0 Å². The van der Waals surface area contributed by atoms with E-state index in [0.29, 0.717) is 6.54 Å². The Hall–Kier alpha value is -1.91. The first kappa shape index (κ1) is 19.4. The zero-order valence-corrected chi connectivity index (χ0v) is 15.9. The number of likely N-dealkylation sites (N-methyl/N-ethyl adjacent to an activating group) is 1. The number of likely N-dealkylation sites (tertiary alicyclic amines) is 1. The Bertz CT molecular complexity index is 627. The average molecular weight is 341 g/mol. The first-order chi connectivity index (χ1) is 12.0. The van der Waals surface area contributed by atoms with Gasteiger partial charge in [0.15, 0.2) is 0 Å². The fraction of sp³-hybridized carbons (Fsp3) is 0.476. The van der Waals surface area contributed by atoms with Crippen molar-refractivity contribution in [3.05, 3.63) is 53.7 Å². The van der Waals surface area contributed by atoms with Gasteiger partial charge in [0.05, 0.1) is 6.17 Å². The summed E-state index contributed by atoms with van der Waals surface area (Å²) in [5.41, 5.74) is 10.2. The molecule has 0 radical (unpaired) electrons. The zero-order chi connectivity index (χ0) is 18.2. The minimum atomic E-state index is 0.250. The molecular weight excluding hydrogens is 308 g/mol. The number of benzene rings is 1. The molecule has 2 N–H and O–H groups in total. The minimum Gasteiger partial charge on any atom is -0.373 e. The van der Waals surface area contributed by atoms with Crippen LogP contribution >= 0.6 is 0 Å². The summed E-state index contributed by atoms with van der Waals surface area (Å²) in [5, 5.41) is 0. The molecule has 4 nitrogen and oxygen atoms in total. The fourth-order valence-electron chi connectivity index (χ4n) is 3.10. The fourth-order valence-corrected chi connectivity index (χ4v) is 3.10. The number of aliphatic imine (C=N–C) groups is 1. The number of rotatable bonds is 8. The predicted octanol–water partition coefficient (Wildman–Crippen LogP) is 3.51. The summed E-state index contributed by atoms with van der Waals surface area (Å²) < 4.78 is 0. The molecule has 2 rings (SSSR count). The number of nitrogens with zero attached hydrogens (tertiary/aromatic N) is 3. The summed E-state index contributed by atoms with van der Waals surface area (Å²) in [6, 6.07) is 8.61. The lowest BCUT2D eigenvalue weighted by atomic mass is 10.0. The minimum absolute atomic E-state index is 0.250. The van der Waals surface area contributed by atoms with Crippen molar-refractivity contribution in [1.29, 1.82) is 0 Å². The number of hydrogen-bond donors (Lipinski definition) is 1. The Labute approximate surface area is 152 Å². The van der Waals surface area contributed by atoms with Crippen molar-refractivity contribution in [1.82, 2.24) is 9.80 Å². The van der Waals surface area contributed by atoms with Gasteiger partial charge in [0.2, 0.25) is 0 Å². The topological polar surface area (TPSA) is 44.9 Å². The highest BCUT2D eigenvalue weighted by Gasteiger charge is 2.16. The van der Waals surface area contributed by atoms with E-state index in [1.807, 2.05) is 13.3 Å². The van der Waals surface area contributed by atoms with Crippen molar-refractivity contribution in [2.75, 3.05) is 26.7 Å². The van der Waals surface area contributed by atoms with E-state index in [2.05, 4.69) is 60.6 Å². The molecule has 1 heterocycles. The van der Waals surface area contributed by atoms with Crippen molar-refractivity contribution in [2.24, 2.45) is 10.7 Å². The maximum absolute atomic E-state index is 5.67. The normalized spacial score (nSPS) is 17.2. The Kier molecular flexibility index (Phi) is 7.41. The van der Waals surface area contributed by atoms with Crippen LogP contribution in [0.1, 0.15) is 37.8 Å². The Morgan fingerprint density at radius 1 is 1.40 bits per heavy atom. The monoisotopic (exact) mass is 340 g/mol. The standard InChI is InChI=1S/C21H32N4/c1-5-20(15-23-18(3)25-11-6-7-12-25)21-10-8-9-19(13-21)16-24(4)17(2)14-22/h5,8-10,13,15,18H,2,6-7,11-12,14,16,22H2,1,3-4H3/b20-5+,23-15?. The second-order valence-electron chi connectivity index (χ2n) is 6.72. The third-order valence-electron chi connectivity index (χ3n) is 4.86. The van der Waals surface area contributed by atoms with Crippen molar-refractivity contribution in [3.8, 4) is 0 Å². The molecule has 1 saturated heterocycles. The second-order valence-corrected chi connectivity index (χ2v) is 6.72. The molecule has 136 valence electrons. The molecule has 0 spiro atoms. The third-order valence-corrected chi connectivity index (χ3v) is 4.86. The first-order valence-electron chi connectivity index (χ1n) is 9.17. The number of allylic oxidation sites excluding steroid dienone is 2. The Morgan fingerprint density at radius 3 is 2.76 bits per heavy atom. The number of nitrogens with two attached hydrogens (primary N) is 1. The Morgan fingerprint density at radius 2 is 2.12 bits per heavy atom. The SMILES string of the molecule is C=C(CN)N(C)Cc1cccc(/C(C=NC(C)N2CCCC2)=C/C)c1. The van der Waals surface area contributed by atoms with Crippen LogP contribution in [0.4, 0.5) is 0 Å². The largest absolute Gasteiger partial charge is 0.373 e. The van der Waals surface area contributed by atoms with Gasteiger partial charge in [0, 0.05) is 45.1 Å². The van der Waals surface area contributed by atoms with Crippen LogP contribution in [0.5, 0.6) is 0 Å². The van der Waals surface area contributed by atoms with E-state index >= 15 is 0 Å². The number of hydrogen-bond acceptors (Lipinski definition) is 4. The van der Waals surface area contributed by atoms with Gasteiger partial charge in [0.1, 0.15) is 0 Å². The van der Waals surface area contributed by atoms with Crippen molar-refractivity contribution in [3.63, 3.8) is 0 Å². The highest BCUT2D eigenvalue weighted by Crippen LogP contribution is 2.18. The van der Waals surface area contributed by atoms with Crippen molar-refractivity contribution in [2.45, 2.75) is 39.4 Å². The van der Waals surface area contributed by atoms with Crippen molar-refractivity contribution >= 4 is 11.8 Å². The quantitative estimate of drug-likeness (QED) is 0.737. The molecule has 0 amide bonds. The molecule has 1 unspecified atom stereocenters. The third kappa shape index (κ3) is 5.55. The van der Waals surface area contributed by atoms with Crippen LogP contribution in [0.3, 0.4) is 0 Å². The van der Waals surface area contributed by atoms with Crippen LogP contribution in [-0.4, -0.2) is 48.9 Å². The van der Waals surface area contributed by atoms with Gasteiger partial charge >= 0.3 is 0 Å². The highest BCUT2D eigenvalue weighted by molar-refractivity contribution is 6.09. The van der Waals surface area contributed by atoms with Crippen LogP contribution in [-0.2, 0) is 6.54 Å². The van der Waals surface area contributed by atoms with Crippen LogP contribution in [0.25, 0.3) is 5.57 Å². The summed E-state index contributed by atoms with van der Waals surface area (Å²) >= 11 is 0. The van der Waals surface area contributed by atoms with E-state index in [9.17, 15) is 0 Å². The molecule has 25 heavy (non-hydrogen) atoms. The van der Waals surface area contributed by atoms with Gasteiger partial charge in [0.25, 0.3) is 0 Å². The summed E-state index contributed by atoms with van der Waals surface area (Å²) in [6.45, 7) is 11.9. The smallest absolute Gasteiger partial charge is 0.0990 e.